The van der Waals surface area contributed by atoms with Crippen molar-refractivity contribution in [3.05, 3.63) is 42.2 Å². The zero-order valence-electron chi connectivity index (χ0n) is 15.9. The van der Waals surface area contributed by atoms with Crippen molar-refractivity contribution in [2.75, 3.05) is 46.0 Å². The molecular weight excluding hydrogens is 399 g/mol. The van der Waals surface area contributed by atoms with Crippen molar-refractivity contribution in [1.82, 2.24) is 18.8 Å². The zero-order valence-corrected chi connectivity index (χ0v) is 16.7. The van der Waals surface area contributed by atoms with Gasteiger partial charge in [-0.05, 0) is 24.6 Å². The number of hydrogen-bond donors (Lipinski definition) is 0. The van der Waals surface area contributed by atoms with Crippen LogP contribution >= 0.6 is 0 Å². The summed E-state index contributed by atoms with van der Waals surface area (Å²) in [7, 11) is -3.44. The number of morpholine rings is 1. The summed E-state index contributed by atoms with van der Waals surface area (Å²) in [5, 5.41) is 8.12. The van der Waals surface area contributed by atoms with Gasteiger partial charge in [0.1, 0.15) is 5.82 Å². The largest absolute Gasteiger partial charge is 0.476 e. The van der Waals surface area contributed by atoms with Crippen LogP contribution in [0.25, 0.3) is 11.3 Å². The molecule has 2 aliphatic heterocycles. The molecule has 3 heterocycles. The van der Waals surface area contributed by atoms with E-state index in [9.17, 15) is 12.8 Å². The van der Waals surface area contributed by atoms with Gasteiger partial charge in [-0.2, -0.15) is 17.0 Å². The quantitative estimate of drug-likeness (QED) is 0.703. The summed E-state index contributed by atoms with van der Waals surface area (Å²) in [4.78, 5) is 0. The van der Waals surface area contributed by atoms with Gasteiger partial charge in [-0.25, -0.2) is 4.39 Å². The summed E-state index contributed by atoms with van der Waals surface area (Å²) < 4.78 is 52.7. The van der Waals surface area contributed by atoms with Gasteiger partial charge in [0.15, 0.2) is 0 Å². The van der Waals surface area contributed by atoms with Gasteiger partial charge in [0, 0.05) is 43.7 Å². The minimum atomic E-state index is -3.44. The summed E-state index contributed by atoms with van der Waals surface area (Å²) >= 11 is 0. The highest BCUT2D eigenvalue weighted by Gasteiger charge is 2.36. The van der Waals surface area contributed by atoms with E-state index in [4.69, 9.17) is 9.47 Å². The van der Waals surface area contributed by atoms with E-state index in [1.54, 1.807) is 24.3 Å². The van der Waals surface area contributed by atoms with Crippen LogP contribution in [0.1, 0.15) is 6.42 Å². The standard InChI is InChI=1S/C19H23FN4O4S/c20-17-3-1-2-16(12-17)18-4-5-19(22-21-18)28-14-15-6-7-24(13-15)29(25,26)23-8-10-27-11-9-23/h1-5,12,15H,6-11,13-14H2. The molecule has 1 aromatic heterocycles. The van der Waals surface area contributed by atoms with Crippen molar-refractivity contribution < 1.29 is 22.3 Å². The molecule has 2 fully saturated rings. The third kappa shape index (κ3) is 4.72. The van der Waals surface area contributed by atoms with Crippen molar-refractivity contribution >= 4 is 10.2 Å². The first-order valence-corrected chi connectivity index (χ1v) is 11.0. The van der Waals surface area contributed by atoms with Crippen LogP contribution in [0.2, 0.25) is 0 Å². The van der Waals surface area contributed by atoms with E-state index in [0.717, 1.165) is 6.42 Å². The van der Waals surface area contributed by atoms with Crippen LogP contribution in [0.4, 0.5) is 4.39 Å². The first kappa shape index (κ1) is 20.1. The highest BCUT2D eigenvalue weighted by atomic mass is 32.2. The van der Waals surface area contributed by atoms with Crippen molar-refractivity contribution in [2.24, 2.45) is 5.92 Å². The molecule has 0 aliphatic carbocycles. The summed E-state index contributed by atoms with van der Waals surface area (Å²) in [6.07, 6.45) is 0.734. The second-order valence-electron chi connectivity index (χ2n) is 7.11. The zero-order chi connectivity index (χ0) is 20.3. The molecule has 29 heavy (non-hydrogen) atoms. The molecule has 156 valence electrons. The Hall–Kier alpha value is -2.14. The monoisotopic (exact) mass is 422 g/mol. The topological polar surface area (TPSA) is 84.9 Å². The van der Waals surface area contributed by atoms with E-state index in [2.05, 4.69) is 10.2 Å². The lowest BCUT2D eigenvalue weighted by Crippen LogP contribution is -2.47. The number of halogens is 1. The third-order valence-corrected chi connectivity index (χ3v) is 7.10. The maximum atomic E-state index is 13.3. The smallest absolute Gasteiger partial charge is 0.282 e. The van der Waals surface area contributed by atoms with E-state index in [-0.39, 0.29) is 11.7 Å². The summed E-state index contributed by atoms with van der Waals surface area (Å²) in [5.41, 5.74) is 1.20. The lowest BCUT2D eigenvalue weighted by atomic mass is 10.1. The first-order valence-electron chi connectivity index (χ1n) is 9.58. The first-order chi connectivity index (χ1) is 14.0. The van der Waals surface area contributed by atoms with E-state index >= 15 is 0 Å². The van der Waals surface area contributed by atoms with Crippen molar-refractivity contribution in [3.63, 3.8) is 0 Å². The normalized spacial score (nSPS) is 21.3. The molecule has 0 amide bonds. The van der Waals surface area contributed by atoms with Crippen molar-refractivity contribution in [2.45, 2.75) is 6.42 Å². The van der Waals surface area contributed by atoms with Crippen molar-refractivity contribution in [1.29, 1.82) is 0 Å². The Morgan fingerprint density at radius 3 is 2.66 bits per heavy atom. The van der Waals surface area contributed by atoms with E-state index in [1.807, 2.05) is 0 Å². The van der Waals surface area contributed by atoms with Crippen molar-refractivity contribution in [3.8, 4) is 17.1 Å². The fraction of sp³-hybridized carbons (Fsp3) is 0.474. The molecule has 1 aromatic carbocycles. The molecule has 2 aromatic rings. The maximum absolute atomic E-state index is 13.3. The van der Waals surface area contributed by atoms with Crippen LogP contribution in [0.3, 0.4) is 0 Å². The Morgan fingerprint density at radius 2 is 1.93 bits per heavy atom. The Kier molecular flexibility index (Phi) is 6.04. The van der Waals surface area contributed by atoms with Crippen LogP contribution < -0.4 is 4.74 Å². The van der Waals surface area contributed by atoms with Gasteiger partial charge < -0.3 is 9.47 Å². The van der Waals surface area contributed by atoms with Gasteiger partial charge in [0.2, 0.25) is 5.88 Å². The van der Waals surface area contributed by atoms with Gasteiger partial charge in [-0.1, -0.05) is 12.1 Å². The summed E-state index contributed by atoms with van der Waals surface area (Å²) in [5.74, 6) is 0.123. The molecular formula is C19H23FN4O4S. The Labute approximate surface area is 169 Å². The number of benzene rings is 1. The number of rotatable bonds is 6. The van der Waals surface area contributed by atoms with Gasteiger partial charge in [0.25, 0.3) is 10.2 Å². The predicted octanol–water partition coefficient (Wildman–Crippen LogP) is 1.56. The molecule has 0 saturated carbocycles. The van der Waals surface area contributed by atoms with Gasteiger partial charge in [0.05, 0.1) is 25.5 Å². The molecule has 0 radical (unpaired) electrons. The minimum Gasteiger partial charge on any atom is -0.476 e. The van der Waals surface area contributed by atoms with E-state index in [1.165, 1.54) is 20.7 Å². The summed E-state index contributed by atoms with van der Waals surface area (Å²) in [6.45, 7) is 2.93. The minimum absolute atomic E-state index is 0.0931. The van der Waals surface area contributed by atoms with E-state index in [0.29, 0.717) is 63.1 Å². The van der Waals surface area contributed by atoms with Crippen LogP contribution in [0.5, 0.6) is 5.88 Å². The number of aromatic nitrogens is 2. The second kappa shape index (κ2) is 8.70. The van der Waals surface area contributed by atoms with Crippen LogP contribution in [0, 0.1) is 11.7 Å². The summed E-state index contributed by atoms with van der Waals surface area (Å²) in [6, 6.07) is 9.56. The SMILES string of the molecule is O=S(=O)(N1CCOCC1)N1CCC(COc2ccc(-c3cccc(F)c3)nn2)C1. The molecule has 10 heteroatoms. The molecule has 4 rings (SSSR count). The number of nitrogens with zero attached hydrogens (tertiary/aromatic N) is 4. The van der Waals surface area contributed by atoms with Crippen LogP contribution in [-0.2, 0) is 14.9 Å². The average Bonchev–Trinajstić information content (AvgIpc) is 3.23. The number of hydrogen-bond acceptors (Lipinski definition) is 6. The highest BCUT2D eigenvalue weighted by Crippen LogP contribution is 2.24. The number of ether oxygens (including phenoxy) is 2. The lowest BCUT2D eigenvalue weighted by molar-refractivity contribution is 0.0705. The molecule has 2 saturated heterocycles. The van der Waals surface area contributed by atoms with E-state index < -0.39 is 10.2 Å². The molecule has 8 nitrogen and oxygen atoms in total. The highest BCUT2D eigenvalue weighted by molar-refractivity contribution is 7.86. The fourth-order valence-electron chi connectivity index (χ4n) is 3.49. The molecule has 0 spiro atoms. The van der Waals surface area contributed by atoms with Crippen LogP contribution in [-0.4, -0.2) is 73.2 Å². The fourth-order valence-corrected chi connectivity index (χ4v) is 5.16. The molecule has 1 atom stereocenters. The average molecular weight is 422 g/mol. The second-order valence-corrected chi connectivity index (χ2v) is 9.04. The predicted molar refractivity (Wildman–Crippen MR) is 104 cm³/mol. The van der Waals surface area contributed by atoms with Gasteiger partial charge in [-0.3, -0.25) is 0 Å². The Morgan fingerprint density at radius 1 is 1.10 bits per heavy atom. The molecule has 2 aliphatic rings. The maximum Gasteiger partial charge on any atom is 0.282 e. The lowest BCUT2D eigenvalue weighted by Gasteiger charge is -2.30. The van der Waals surface area contributed by atoms with Crippen LogP contribution in [0.15, 0.2) is 36.4 Å². The Bertz CT molecular complexity index is 935. The molecule has 0 N–H and O–H groups in total. The van der Waals surface area contributed by atoms with Gasteiger partial charge in [-0.15, -0.1) is 10.2 Å². The molecule has 1 unspecified atom stereocenters. The Balaban J connectivity index is 1.31. The molecule has 0 bridgehead atoms. The van der Waals surface area contributed by atoms with Gasteiger partial charge >= 0.3 is 0 Å². The third-order valence-electron chi connectivity index (χ3n) is 5.10.